The third-order valence-electron chi connectivity index (χ3n) is 1.68. The zero-order valence-corrected chi connectivity index (χ0v) is 8.53. The van der Waals surface area contributed by atoms with Crippen molar-refractivity contribution in [1.29, 1.82) is 5.26 Å². The van der Waals surface area contributed by atoms with Gasteiger partial charge < -0.3 is 10.1 Å². The molecule has 6 nitrogen and oxygen atoms in total. The van der Waals surface area contributed by atoms with E-state index in [1.54, 1.807) is 19.4 Å². The molecule has 0 radical (unpaired) electrons. The number of hydrogen-bond acceptors (Lipinski definition) is 6. The van der Waals surface area contributed by atoms with Crippen LogP contribution in [0.3, 0.4) is 0 Å². The fourth-order valence-electron chi connectivity index (χ4n) is 1.01. The van der Waals surface area contributed by atoms with E-state index in [1.807, 2.05) is 0 Å². The molecule has 0 unspecified atom stereocenters. The van der Waals surface area contributed by atoms with E-state index in [1.165, 1.54) is 6.33 Å². The monoisotopic (exact) mass is 207 g/mol. The third kappa shape index (κ3) is 4.24. The van der Waals surface area contributed by atoms with Gasteiger partial charge in [0.05, 0.1) is 0 Å². The van der Waals surface area contributed by atoms with E-state index in [9.17, 15) is 0 Å². The highest BCUT2D eigenvalue weighted by Gasteiger charge is 1.96. The van der Waals surface area contributed by atoms with Crippen LogP contribution in [0.4, 0.5) is 11.6 Å². The molecule has 0 saturated heterocycles. The summed E-state index contributed by atoms with van der Waals surface area (Å²) >= 11 is 0. The Morgan fingerprint density at radius 3 is 3.00 bits per heavy atom. The molecule has 0 atom stereocenters. The summed E-state index contributed by atoms with van der Waals surface area (Å²) in [4.78, 5) is 7.87. The van der Waals surface area contributed by atoms with Crippen molar-refractivity contribution in [3.05, 3.63) is 12.4 Å². The standard InChI is InChI=1S/C9H13N5O/c1-15-4-2-3-11-8-5-9(12-6-10)14-7-13-8/h5,7H,2-4H2,1H3,(H2,11,12,13,14). The maximum Gasteiger partial charge on any atom is 0.182 e. The van der Waals surface area contributed by atoms with Gasteiger partial charge in [-0.3, -0.25) is 5.32 Å². The van der Waals surface area contributed by atoms with Gasteiger partial charge in [-0.25, -0.2) is 9.97 Å². The van der Waals surface area contributed by atoms with Gasteiger partial charge in [0.25, 0.3) is 0 Å². The Kier molecular flexibility index (Phi) is 4.90. The van der Waals surface area contributed by atoms with Crippen LogP contribution in [0.25, 0.3) is 0 Å². The van der Waals surface area contributed by atoms with E-state index in [2.05, 4.69) is 20.6 Å². The lowest BCUT2D eigenvalue weighted by Gasteiger charge is -2.05. The average molecular weight is 207 g/mol. The Bertz CT molecular complexity index is 336. The highest BCUT2D eigenvalue weighted by molar-refractivity contribution is 5.48. The van der Waals surface area contributed by atoms with Crippen molar-refractivity contribution in [3.63, 3.8) is 0 Å². The molecule has 0 aliphatic heterocycles. The van der Waals surface area contributed by atoms with Crippen molar-refractivity contribution in [1.82, 2.24) is 9.97 Å². The minimum atomic E-state index is 0.488. The van der Waals surface area contributed by atoms with E-state index < -0.39 is 0 Å². The molecule has 1 rings (SSSR count). The van der Waals surface area contributed by atoms with Gasteiger partial charge in [-0.2, -0.15) is 5.26 Å². The summed E-state index contributed by atoms with van der Waals surface area (Å²) in [6, 6.07) is 1.68. The Hall–Kier alpha value is -1.87. The van der Waals surface area contributed by atoms with Crippen LogP contribution in [0.15, 0.2) is 12.4 Å². The molecule has 0 amide bonds. The van der Waals surface area contributed by atoms with Gasteiger partial charge in [0, 0.05) is 26.3 Å². The number of nitriles is 1. The largest absolute Gasteiger partial charge is 0.385 e. The Morgan fingerprint density at radius 2 is 2.27 bits per heavy atom. The van der Waals surface area contributed by atoms with Crippen molar-refractivity contribution in [2.45, 2.75) is 6.42 Å². The summed E-state index contributed by atoms with van der Waals surface area (Å²) in [7, 11) is 1.67. The molecule has 0 bridgehead atoms. The van der Waals surface area contributed by atoms with Gasteiger partial charge >= 0.3 is 0 Å². The minimum absolute atomic E-state index is 0.488. The summed E-state index contributed by atoms with van der Waals surface area (Å²) in [5.41, 5.74) is 0. The molecule has 15 heavy (non-hydrogen) atoms. The van der Waals surface area contributed by atoms with Gasteiger partial charge in [0.2, 0.25) is 0 Å². The maximum absolute atomic E-state index is 8.40. The van der Waals surface area contributed by atoms with Crippen molar-refractivity contribution in [2.75, 3.05) is 30.9 Å². The molecule has 0 aliphatic carbocycles. The fraction of sp³-hybridized carbons (Fsp3) is 0.444. The van der Waals surface area contributed by atoms with Crippen LogP contribution >= 0.6 is 0 Å². The molecular formula is C9H13N5O. The molecule has 1 heterocycles. The van der Waals surface area contributed by atoms with Crippen molar-refractivity contribution in [3.8, 4) is 6.19 Å². The molecule has 1 aromatic rings. The predicted octanol–water partition coefficient (Wildman–Crippen LogP) is 0.818. The lowest BCUT2D eigenvalue weighted by molar-refractivity contribution is 0.198. The quantitative estimate of drug-likeness (QED) is 0.408. The van der Waals surface area contributed by atoms with Crippen LogP contribution in [0, 0.1) is 11.5 Å². The van der Waals surface area contributed by atoms with Gasteiger partial charge in [-0.05, 0) is 6.42 Å². The van der Waals surface area contributed by atoms with Crippen LogP contribution in [0.1, 0.15) is 6.42 Å². The molecular weight excluding hydrogens is 194 g/mol. The van der Waals surface area contributed by atoms with E-state index in [-0.39, 0.29) is 0 Å². The second kappa shape index (κ2) is 6.56. The predicted molar refractivity (Wildman–Crippen MR) is 56.3 cm³/mol. The highest BCUT2D eigenvalue weighted by Crippen LogP contribution is 2.07. The molecule has 0 aliphatic rings. The maximum atomic E-state index is 8.40. The highest BCUT2D eigenvalue weighted by atomic mass is 16.5. The van der Waals surface area contributed by atoms with Gasteiger partial charge in [-0.15, -0.1) is 0 Å². The molecule has 1 aromatic heterocycles. The molecule has 0 aromatic carbocycles. The average Bonchev–Trinajstić information content (AvgIpc) is 2.26. The topological polar surface area (TPSA) is 82.9 Å². The summed E-state index contributed by atoms with van der Waals surface area (Å²) in [5.74, 6) is 1.18. The van der Waals surface area contributed by atoms with Crippen molar-refractivity contribution in [2.24, 2.45) is 0 Å². The van der Waals surface area contributed by atoms with Gasteiger partial charge in [0.1, 0.15) is 18.0 Å². The van der Waals surface area contributed by atoms with Crippen LogP contribution in [-0.2, 0) is 4.74 Å². The number of hydrogen-bond donors (Lipinski definition) is 2. The van der Waals surface area contributed by atoms with Gasteiger partial charge in [-0.1, -0.05) is 0 Å². The number of nitrogens with one attached hydrogen (secondary N) is 2. The Balaban J connectivity index is 2.40. The van der Waals surface area contributed by atoms with Gasteiger partial charge in [0.15, 0.2) is 6.19 Å². The molecule has 80 valence electrons. The number of anilines is 2. The minimum Gasteiger partial charge on any atom is -0.385 e. The molecule has 6 heteroatoms. The van der Waals surface area contributed by atoms with Crippen molar-refractivity contribution < 1.29 is 4.74 Å². The third-order valence-corrected chi connectivity index (χ3v) is 1.68. The van der Waals surface area contributed by atoms with Crippen LogP contribution < -0.4 is 10.6 Å². The van der Waals surface area contributed by atoms with E-state index >= 15 is 0 Å². The van der Waals surface area contributed by atoms with Crippen molar-refractivity contribution >= 4 is 11.6 Å². The summed E-state index contributed by atoms with van der Waals surface area (Å²) in [6.07, 6.45) is 4.10. The summed E-state index contributed by atoms with van der Waals surface area (Å²) < 4.78 is 4.91. The SMILES string of the molecule is COCCCNc1cc(NC#N)ncn1. The molecule has 2 N–H and O–H groups in total. The van der Waals surface area contributed by atoms with E-state index in [4.69, 9.17) is 10.00 Å². The first-order valence-corrected chi connectivity index (χ1v) is 4.57. The van der Waals surface area contributed by atoms with Crippen LogP contribution in [0.2, 0.25) is 0 Å². The summed E-state index contributed by atoms with van der Waals surface area (Å²) in [5, 5.41) is 13.9. The zero-order chi connectivity index (χ0) is 10.9. The lowest BCUT2D eigenvalue weighted by Crippen LogP contribution is -2.06. The van der Waals surface area contributed by atoms with E-state index in [0.717, 1.165) is 13.0 Å². The first-order chi connectivity index (χ1) is 7.36. The zero-order valence-electron chi connectivity index (χ0n) is 8.53. The van der Waals surface area contributed by atoms with E-state index in [0.29, 0.717) is 18.2 Å². The number of aromatic nitrogens is 2. The van der Waals surface area contributed by atoms with Crippen LogP contribution in [0.5, 0.6) is 0 Å². The first-order valence-electron chi connectivity index (χ1n) is 4.57. The number of nitrogens with zero attached hydrogens (tertiary/aromatic N) is 3. The lowest BCUT2D eigenvalue weighted by atomic mass is 10.4. The van der Waals surface area contributed by atoms with Crippen LogP contribution in [-0.4, -0.2) is 30.2 Å². The summed E-state index contributed by atoms with van der Waals surface area (Å²) in [6.45, 7) is 1.48. The number of rotatable bonds is 6. The first kappa shape index (κ1) is 11.2. The molecule has 0 fully saturated rings. The normalized spacial score (nSPS) is 9.33. The molecule has 0 spiro atoms. The fourth-order valence-corrected chi connectivity index (χ4v) is 1.01. The number of ether oxygens (including phenoxy) is 1. The number of methoxy groups -OCH3 is 1. The Labute approximate surface area is 88.3 Å². The molecule has 0 saturated carbocycles. The second-order valence-electron chi connectivity index (χ2n) is 2.80. The Morgan fingerprint density at radius 1 is 1.47 bits per heavy atom. The second-order valence-corrected chi connectivity index (χ2v) is 2.80. The smallest absolute Gasteiger partial charge is 0.182 e.